The first kappa shape index (κ1) is 14.5. The van der Waals surface area contributed by atoms with E-state index in [1.165, 1.54) is 24.5 Å². The number of benzene rings is 1. The van der Waals surface area contributed by atoms with Crippen LogP contribution in [-0.4, -0.2) is 4.98 Å². The van der Waals surface area contributed by atoms with Gasteiger partial charge in [0.15, 0.2) is 0 Å². The molecule has 0 saturated carbocycles. The van der Waals surface area contributed by atoms with Gasteiger partial charge >= 0.3 is 0 Å². The Kier molecular flexibility index (Phi) is 5.07. The third kappa shape index (κ3) is 3.78. The van der Waals surface area contributed by atoms with Crippen LogP contribution in [0.3, 0.4) is 0 Å². The molecule has 0 atom stereocenters. The van der Waals surface area contributed by atoms with E-state index in [4.69, 9.17) is 10.5 Å². The minimum atomic E-state index is -0.410. The topological polar surface area (TPSA) is 48.1 Å². The third-order valence-electron chi connectivity index (χ3n) is 3.07. The number of aromatic nitrogens is 1. The van der Waals surface area contributed by atoms with Gasteiger partial charge in [0.1, 0.15) is 11.6 Å². The monoisotopic (exact) mass is 274 g/mol. The molecular formula is C16H19FN2O. The zero-order valence-electron chi connectivity index (χ0n) is 11.6. The van der Waals surface area contributed by atoms with Gasteiger partial charge in [-0.05, 0) is 36.6 Å². The number of ether oxygens (including phenoxy) is 1. The average Bonchev–Trinajstić information content (AvgIpc) is 2.48. The maximum absolute atomic E-state index is 13.1. The number of rotatable bonds is 6. The molecule has 1 aromatic heterocycles. The molecule has 0 saturated heterocycles. The van der Waals surface area contributed by atoms with Crippen LogP contribution in [0.15, 0.2) is 36.5 Å². The minimum absolute atomic E-state index is 0.189. The zero-order chi connectivity index (χ0) is 14.4. The Morgan fingerprint density at radius 3 is 2.65 bits per heavy atom. The van der Waals surface area contributed by atoms with E-state index in [0.717, 1.165) is 12.6 Å². The maximum Gasteiger partial charge on any atom is 0.223 e. The summed E-state index contributed by atoms with van der Waals surface area (Å²) in [7, 11) is 0. The second kappa shape index (κ2) is 7.01. The summed E-state index contributed by atoms with van der Waals surface area (Å²) in [5, 5.41) is 0. The maximum atomic E-state index is 13.1. The van der Waals surface area contributed by atoms with Gasteiger partial charge in [-0.1, -0.05) is 25.5 Å². The fourth-order valence-corrected chi connectivity index (χ4v) is 1.92. The van der Waals surface area contributed by atoms with Gasteiger partial charge < -0.3 is 10.5 Å². The fourth-order valence-electron chi connectivity index (χ4n) is 1.92. The Bertz CT molecular complexity index is 555. The normalized spacial score (nSPS) is 10.6. The van der Waals surface area contributed by atoms with Crippen molar-refractivity contribution in [1.82, 2.24) is 4.98 Å². The predicted octanol–water partition coefficient (Wildman–Crippen LogP) is 3.81. The van der Waals surface area contributed by atoms with Gasteiger partial charge in [0.05, 0.1) is 6.20 Å². The Labute approximate surface area is 118 Å². The van der Waals surface area contributed by atoms with Gasteiger partial charge in [-0.25, -0.2) is 9.37 Å². The van der Waals surface area contributed by atoms with Gasteiger partial charge in [0.2, 0.25) is 5.88 Å². The van der Waals surface area contributed by atoms with Gasteiger partial charge in [0, 0.05) is 12.1 Å². The van der Waals surface area contributed by atoms with Crippen LogP contribution in [0.4, 0.5) is 4.39 Å². The highest BCUT2D eigenvalue weighted by Crippen LogP contribution is 2.24. The number of aryl methyl sites for hydroxylation is 1. The molecule has 2 aromatic rings. The minimum Gasteiger partial charge on any atom is -0.439 e. The molecule has 2 N–H and O–H groups in total. The van der Waals surface area contributed by atoms with E-state index in [-0.39, 0.29) is 6.54 Å². The molecule has 0 aliphatic carbocycles. The largest absolute Gasteiger partial charge is 0.439 e. The molecule has 0 bridgehead atoms. The van der Waals surface area contributed by atoms with Crippen LogP contribution in [0.5, 0.6) is 11.6 Å². The first-order valence-electron chi connectivity index (χ1n) is 6.84. The summed E-state index contributed by atoms with van der Waals surface area (Å²) < 4.78 is 18.7. The van der Waals surface area contributed by atoms with Crippen molar-refractivity contribution in [2.24, 2.45) is 5.73 Å². The van der Waals surface area contributed by atoms with Crippen LogP contribution >= 0.6 is 0 Å². The molecule has 0 amide bonds. The number of nitrogens with two attached hydrogens (primary N) is 1. The second-order valence-electron chi connectivity index (χ2n) is 4.67. The van der Waals surface area contributed by atoms with Crippen molar-refractivity contribution < 1.29 is 9.13 Å². The van der Waals surface area contributed by atoms with E-state index in [2.05, 4.69) is 11.9 Å². The lowest BCUT2D eigenvalue weighted by Crippen LogP contribution is -2.02. The lowest BCUT2D eigenvalue weighted by atomic mass is 10.1. The number of hydrogen-bond donors (Lipinski definition) is 1. The molecule has 0 spiro atoms. The van der Waals surface area contributed by atoms with Crippen molar-refractivity contribution in [2.75, 3.05) is 0 Å². The summed E-state index contributed by atoms with van der Waals surface area (Å²) in [6, 6.07) is 9.22. The van der Waals surface area contributed by atoms with Crippen molar-refractivity contribution in [3.05, 3.63) is 53.5 Å². The number of nitrogens with zero attached hydrogens (tertiary/aromatic N) is 1. The van der Waals surface area contributed by atoms with Gasteiger partial charge in [-0.2, -0.15) is 0 Å². The van der Waals surface area contributed by atoms with Crippen LogP contribution < -0.4 is 10.5 Å². The summed E-state index contributed by atoms with van der Waals surface area (Å²) in [6.45, 7) is 2.36. The second-order valence-corrected chi connectivity index (χ2v) is 4.67. The Balaban J connectivity index is 2.10. The van der Waals surface area contributed by atoms with Gasteiger partial charge in [-0.15, -0.1) is 0 Å². The highest BCUT2D eigenvalue weighted by Gasteiger charge is 2.07. The molecule has 4 heteroatoms. The van der Waals surface area contributed by atoms with E-state index < -0.39 is 5.82 Å². The smallest absolute Gasteiger partial charge is 0.223 e. The molecule has 0 radical (unpaired) electrons. The SMILES string of the molecule is CCCCc1ccc(Oc2ncc(F)cc2CN)cc1. The predicted molar refractivity (Wildman–Crippen MR) is 77.2 cm³/mol. The molecule has 0 aliphatic heterocycles. The molecule has 0 unspecified atom stereocenters. The Morgan fingerprint density at radius 2 is 2.00 bits per heavy atom. The number of halogens is 1. The molecule has 0 fully saturated rings. The number of pyridine rings is 1. The average molecular weight is 274 g/mol. The third-order valence-corrected chi connectivity index (χ3v) is 3.07. The van der Waals surface area contributed by atoms with Crippen molar-refractivity contribution in [1.29, 1.82) is 0 Å². The summed E-state index contributed by atoms with van der Waals surface area (Å²) in [4.78, 5) is 3.94. The molecule has 0 aliphatic rings. The highest BCUT2D eigenvalue weighted by molar-refractivity contribution is 5.34. The van der Waals surface area contributed by atoms with Crippen molar-refractivity contribution in [2.45, 2.75) is 32.7 Å². The Hall–Kier alpha value is -1.94. The van der Waals surface area contributed by atoms with Crippen LogP contribution in [-0.2, 0) is 13.0 Å². The molecule has 3 nitrogen and oxygen atoms in total. The molecule has 1 aromatic carbocycles. The lowest BCUT2D eigenvalue weighted by molar-refractivity contribution is 0.452. The van der Waals surface area contributed by atoms with Crippen LogP contribution in [0.25, 0.3) is 0 Å². The van der Waals surface area contributed by atoms with Crippen molar-refractivity contribution in [3.63, 3.8) is 0 Å². The van der Waals surface area contributed by atoms with E-state index in [9.17, 15) is 4.39 Å². The van der Waals surface area contributed by atoms with Crippen LogP contribution in [0, 0.1) is 5.82 Å². The van der Waals surface area contributed by atoms with Crippen molar-refractivity contribution in [3.8, 4) is 11.6 Å². The summed E-state index contributed by atoms with van der Waals surface area (Å²) in [5.41, 5.74) is 7.40. The van der Waals surface area contributed by atoms with E-state index >= 15 is 0 Å². The quantitative estimate of drug-likeness (QED) is 0.871. The van der Waals surface area contributed by atoms with Gasteiger partial charge in [-0.3, -0.25) is 0 Å². The summed E-state index contributed by atoms with van der Waals surface area (Å²) in [5.74, 6) is 0.627. The van der Waals surface area contributed by atoms with E-state index in [1.807, 2.05) is 24.3 Å². The molecular weight excluding hydrogens is 255 g/mol. The first-order chi connectivity index (χ1) is 9.72. The van der Waals surface area contributed by atoms with Gasteiger partial charge in [0.25, 0.3) is 0 Å². The molecule has 1 heterocycles. The number of unbranched alkanes of at least 4 members (excludes halogenated alkanes) is 1. The fraction of sp³-hybridized carbons (Fsp3) is 0.312. The molecule has 2 rings (SSSR count). The molecule has 20 heavy (non-hydrogen) atoms. The van der Waals surface area contributed by atoms with E-state index in [1.54, 1.807) is 0 Å². The van der Waals surface area contributed by atoms with E-state index in [0.29, 0.717) is 17.2 Å². The lowest BCUT2D eigenvalue weighted by Gasteiger charge is -2.09. The Morgan fingerprint density at radius 1 is 1.25 bits per heavy atom. The molecule has 106 valence electrons. The van der Waals surface area contributed by atoms with Crippen molar-refractivity contribution >= 4 is 0 Å². The summed E-state index contributed by atoms with van der Waals surface area (Å²) in [6.07, 6.45) is 4.55. The highest BCUT2D eigenvalue weighted by atomic mass is 19.1. The first-order valence-corrected chi connectivity index (χ1v) is 6.84. The summed E-state index contributed by atoms with van der Waals surface area (Å²) >= 11 is 0. The van der Waals surface area contributed by atoms with Crippen LogP contribution in [0.1, 0.15) is 30.9 Å². The zero-order valence-corrected chi connectivity index (χ0v) is 11.6. The standard InChI is InChI=1S/C16H19FN2O/c1-2-3-4-12-5-7-15(8-6-12)20-16-13(10-18)9-14(17)11-19-16/h5-9,11H,2-4,10,18H2,1H3. The van der Waals surface area contributed by atoms with Crippen LogP contribution in [0.2, 0.25) is 0 Å². The number of hydrogen-bond acceptors (Lipinski definition) is 3.